The number of carboxylic acid groups (broad SMARTS) is 1. The largest absolute Gasteiger partial charge is 0.481 e. The fourth-order valence-corrected chi connectivity index (χ4v) is 1.63. The van der Waals surface area contributed by atoms with E-state index in [9.17, 15) is 9.59 Å². The Labute approximate surface area is 124 Å². The molecule has 0 fully saturated rings. The first-order valence-electron chi connectivity index (χ1n) is 6.66. The molecule has 0 radical (unpaired) electrons. The van der Waals surface area contributed by atoms with Crippen molar-refractivity contribution in [2.45, 2.75) is 32.6 Å². The molecule has 0 bridgehead atoms. The van der Waals surface area contributed by atoms with Crippen LogP contribution in [0.25, 0.3) is 0 Å². The first-order chi connectivity index (χ1) is 9.87. The molecule has 0 unspecified atom stereocenters. The number of urea groups is 1. The zero-order chi connectivity index (χ0) is 15.9. The van der Waals surface area contributed by atoms with Crippen LogP contribution in [-0.2, 0) is 10.2 Å². The van der Waals surface area contributed by atoms with Crippen LogP contribution < -0.4 is 10.6 Å². The molecule has 2 amide bonds. The highest BCUT2D eigenvalue weighted by molar-refractivity contribution is 5.89. The number of carbonyl (C=O) groups is 2. The molecule has 0 saturated heterocycles. The lowest BCUT2D eigenvalue weighted by Crippen LogP contribution is -2.30. The van der Waals surface area contributed by atoms with Crippen LogP contribution in [0.4, 0.5) is 10.5 Å². The van der Waals surface area contributed by atoms with Crippen LogP contribution in [-0.4, -0.2) is 23.7 Å². The Hall–Kier alpha value is -2.48. The molecule has 0 aliphatic heterocycles. The van der Waals surface area contributed by atoms with Crippen molar-refractivity contribution in [1.82, 2.24) is 5.32 Å². The highest BCUT2D eigenvalue weighted by atomic mass is 16.4. The van der Waals surface area contributed by atoms with E-state index in [0.29, 0.717) is 24.2 Å². The van der Waals surface area contributed by atoms with Gasteiger partial charge < -0.3 is 15.7 Å². The molecule has 0 aliphatic rings. The van der Waals surface area contributed by atoms with Gasteiger partial charge in [-0.2, -0.15) is 0 Å². The SMILES string of the molecule is CC#CCCNC(=O)Nc1ccc(C(C)(C)C(=O)O)cc1. The number of aliphatic carboxylic acids is 1. The molecule has 1 aromatic rings. The average molecular weight is 288 g/mol. The normalized spacial score (nSPS) is 10.2. The molecule has 3 N–H and O–H groups in total. The summed E-state index contributed by atoms with van der Waals surface area (Å²) in [5, 5.41) is 14.5. The average Bonchev–Trinajstić information content (AvgIpc) is 2.44. The number of carbonyl (C=O) groups excluding carboxylic acids is 1. The second kappa shape index (κ2) is 7.34. The third kappa shape index (κ3) is 4.84. The lowest BCUT2D eigenvalue weighted by atomic mass is 9.85. The van der Waals surface area contributed by atoms with Crippen molar-refractivity contribution in [2.75, 3.05) is 11.9 Å². The maximum Gasteiger partial charge on any atom is 0.319 e. The highest BCUT2D eigenvalue weighted by Crippen LogP contribution is 2.24. The van der Waals surface area contributed by atoms with Crippen molar-refractivity contribution in [2.24, 2.45) is 0 Å². The summed E-state index contributed by atoms with van der Waals surface area (Å²) in [6, 6.07) is 6.47. The van der Waals surface area contributed by atoms with E-state index in [1.54, 1.807) is 45.0 Å². The molecule has 0 spiro atoms. The molecule has 0 aliphatic carbocycles. The summed E-state index contributed by atoms with van der Waals surface area (Å²) in [5.74, 6) is 4.71. The highest BCUT2D eigenvalue weighted by Gasteiger charge is 2.29. The summed E-state index contributed by atoms with van der Waals surface area (Å²) in [5.41, 5.74) is 0.331. The maximum absolute atomic E-state index is 11.6. The molecule has 1 aromatic carbocycles. The molecule has 0 heterocycles. The van der Waals surface area contributed by atoms with Crippen LogP contribution in [0, 0.1) is 11.8 Å². The van der Waals surface area contributed by atoms with Crippen molar-refractivity contribution in [3.05, 3.63) is 29.8 Å². The van der Waals surface area contributed by atoms with E-state index in [4.69, 9.17) is 5.11 Å². The molecule has 1 rings (SSSR count). The third-order valence-corrected chi connectivity index (χ3v) is 3.11. The minimum atomic E-state index is -0.959. The van der Waals surface area contributed by atoms with E-state index < -0.39 is 11.4 Å². The van der Waals surface area contributed by atoms with Gasteiger partial charge in [0.15, 0.2) is 0 Å². The van der Waals surface area contributed by atoms with Gasteiger partial charge in [0, 0.05) is 18.7 Å². The van der Waals surface area contributed by atoms with E-state index in [1.807, 2.05) is 0 Å². The summed E-state index contributed by atoms with van der Waals surface area (Å²) in [7, 11) is 0. The predicted molar refractivity (Wildman–Crippen MR) is 82.2 cm³/mol. The topological polar surface area (TPSA) is 78.4 Å². The van der Waals surface area contributed by atoms with Gasteiger partial charge in [-0.05, 0) is 38.5 Å². The zero-order valence-corrected chi connectivity index (χ0v) is 12.5. The number of rotatable bonds is 5. The Morgan fingerprint density at radius 2 is 1.86 bits per heavy atom. The molecule has 112 valence electrons. The minimum Gasteiger partial charge on any atom is -0.481 e. The van der Waals surface area contributed by atoms with Crippen molar-refractivity contribution >= 4 is 17.7 Å². The van der Waals surface area contributed by atoms with Gasteiger partial charge in [0.2, 0.25) is 0 Å². The van der Waals surface area contributed by atoms with Crippen LogP contribution in [0.1, 0.15) is 32.8 Å². The van der Waals surface area contributed by atoms with E-state index in [-0.39, 0.29) is 6.03 Å². The lowest BCUT2D eigenvalue weighted by Gasteiger charge is -2.19. The van der Waals surface area contributed by atoms with E-state index >= 15 is 0 Å². The fraction of sp³-hybridized carbons (Fsp3) is 0.375. The number of hydrogen-bond acceptors (Lipinski definition) is 2. The number of hydrogen-bond donors (Lipinski definition) is 3. The molecular weight excluding hydrogens is 268 g/mol. The number of anilines is 1. The lowest BCUT2D eigenvalue weighted by molar-refractivity contribution is -0.142. The summed E-state index contributed by atoms with van der Waals surface area (Å²) in [6.45, 7) is 5.51. The van der Waals surface area contributed by atoms with Crippen molar-refractivity contribution < 1.29 is 14.7 Å². The Morgan fingerprint density at radius 3 is 2.38 bits per heavy atom. The van der Waals surface area contributed by atoms with Gasteiger partial charge in [-0.3, -0.25) is 4.79 Å². The van der Waals surface area contributed by atoms with E-state index in [0.717, 1.165) is 0 Å². The van der Waals surface area contributed by atoms with E-state index in [2.05, 4.69) is 22.5 Å². The zero-order valence-electron chi connectivity index (χ0n) is 12.5. The monoisotopic (exact) mass is 288 g/mol. The summed E-state index contributed by atoms with van der Waals surface area (Å²) >= 11 is 0. The second-order valence-corrected chi connectivity index (χ2v) is 5.07. The first kappa shape index (κ1) is 16.6. The quantitative estimate of drug-likeness (QED) is 0.575. The summed E-state index contributed by atoms with van der Waals surface area (Å²) < 4.78 is 0. The smallest absolute Gasteiger partial charge is 0.319 e. The van der Waals surface area contributed by atoms with Crippen molar-refractivity contribution in [1.29, 1.82) is 0 Å². The number of nitrogens with one attached hydrogen (secondary N) is 2. The van der Waals surface area contributed by atoms with Gasteiger partial charge in [0.25, 0.3) is 0 Å². The van der Waals surface area contributed by atoms with Crippen molar-refractivity contribution in [3.63, 3.8) is 0 Å². The van der Waals surface area contributed by atoms with Gasteiger partial charge in [-0.25, -0.2) is 4.79 Å². The van der Waals surface area contributed by atoms with Gasteiger partial charge in [-0.15, -0.1) is 11.8 Å². The van der Waals surface area contributed by atoms with Crippen LogP contribution in [0.2, 0.25) is 0 Å². The van der Waals surface area contributed by atoms with Gasteiger partial charge in [-0.1, -0.05) is 12.1 Å². The van der Waals surface area contributed by atoms with Gasteiger partial charge in [0.05, 0.1) is 5.41 Å². The fourth-order valence-electron chi connectivity index (χ4n) is 1.63. The van der Waals surface area contributed by atoms with Crippen LogP contribution in [0.5, 0.6) is 0 Å². The molecule has 0 aromatic heterocycles. The standard InChI is InChI=1S/C16H20N2O3/c1-4-5-6-11-17-15(21)18-13-9-7-12(8-10-13)16(2,3)14(19)20/h7-10H,6,11H2,1-3H3,(H,19,20)(H2,17,18,21). The van der Waals surface area contributed by atoms with Gasteiger partial charge in [0.1, 0.15) is 0 Å². The molecule has 0 atom stereocenters. The Bertz CT molecular complexity index is 565. The van der Waals surface area contributed by atoms with Crippen LogP contribution in [0.15, 0.2) is 24.3 Å². The predicted octanol–water partition coefficient (Wildman–Crippen LogP) is 2.58. The van der Waals surface area contributed by atoms with Gasteiger partial charge >= 0.3 is 12.0 Å². The minimum absolute atomic E-state index is 0.307. The first-order valence-corrected chi connectivity index (χ1v) is 6.66. The number of amides is 2. The number of benzene rings is 1. The summed E-state index contributed by atoms with van der Waals surface area (Å²) in [4.78, 5) is 22.8. The van der Waals surface area contributed by atoms with Crippen LogP contribution in [0.3, 0.4) is 0 Å². The van der Waals surface area contributed by atoms with Crippen molar-refractivity contribution in [3.8, 4) is 11.8 Å². The third-order valence-electron chi connectivity index (χ3n) is 3.11. The Kier molecular flexibility index (Phi) is 5.79. The molecule has 21 heavy (non-hydrogen) atoms. The summed E-state index contributed by atoms with van der Waals surface area (Å²) in [6.07, 6.45) is 0.607. The number of carboxylic acids is 1. The maximum atomic E-state index is 11.6. The van der Waals surface area contributed by atoms with E-state index in [1.165, 1.54) is 0 Å². The molecular formula is C16H20N2O3. The molecule has 5 heteroatoms. The van der Waals surface area contributed by atoms with Crippen LogP contribution >= 0.6 is 0 Å². The Balaban J connectivity index is 2.60. The molecule has 5 nitrogen and oxygen atoms in total. The molecule has 0 saturated carbocycles. The second-order valence-electron chi connectivity index (χ2n) is 5.07. The Morgan fingerprint density at radius 1 is 1.24 bits per heavy atom.